The van der Waals surface area contributed by atoms with E-state index < -0.39 is 0 Å². The van der Waals surface area contributed by atoms with Crippen LogP contribution in [0.15, 0.2) is 78.7 Å². The summed E-state index contributed by atoms with van der Waals surface area (Å²) in [7, 11) is 0. The molecule has 0 bridgehead atoms. The number of nitrogens with one attached hydrogen (secondary N) is 1. The minimum atomic E-state index is -0.159. The van der Waals surface area contributed by atoms with Gasteiger partial charge in [-0.15, -0.1) is 0 Å². The third-order valence-corrected chi connectivity index (χ3v) is 5.34. The van der Waals surface area contributed by atoms with E-state index in [-0.39, 0.29) is 11.7 Å². The summed E-state index contributed by atoms with van der Waals surface area (Å²) >= 11 is 7.48. The maximum absolute atomic E-state index is 12.6. The van der Waals surface area contributed by atoms with Crippen molar-refractivity contribution in [2.45, 2.75) is 11.7 Å². The summed E-state index contributed by atoms with van der Waals surface area (Å²) < 4.78 is 3.60. The molecule has 0 saturated carbocycles. The Hall–Kier alpha value is -3.10. The van der Waals surface area contributed by atoms with Gasteiger partial charge in [0.2, 0.25) is 5.91 Å². The van der Waals surface area contributed by atoms with Crippen LogP contribution in [0.3, 0.4) is 0 Å². The van der Waals surface area contributed by atoms with Crippen LogP contribution in [0.25, 0.3) is 5.69 Å². The molecule has 0 radical (unpaired) electrons. The molecule has 0 saturated heterocycles. The molecule has 0 unspecified atom stereocenters. The molecule has 1 N–H and O–H groups in total. The summed E-state index contributed by atoms with van der Waals surface area (Å²) in [5.74, 6) is 0.0580. The Balaban J connectivity index is 1.42. The second-order valence-electron chi connectivity index (χ2n) is 6.16. The molecule has 146 valence electrons. The number of hydrogen-bond donors (Lipinski definition) is 1. The van der Waals surface area contributed by atoms with E-state index in [0.29, 0.717) is 22.9 Å². The molecule has 0 spiro atoms. The fourth-order valence-corrected chi connectivity index (χ4v) is 3.72. The zero-order valence-corrected chi connectivity index (χ0v) is 16.8. The molecule has 0 fully saturated rings. The summed E-state index contributed by atoms with van der Waals surface area (Å²) in [4.78, 5) is 20.9. The van der Waals surface area contributed by atoms with Gasteiger partial charge in [-0.05, 0) is 23.8 Å². The van der Waals surface area contributed by atoms with Crippen molar-refractivity contribution >= 4 is 35.0 Å². The molecule has 0 aliphatic rings. The Morgan fingerprint density at radius 1 is 1.17 bits per heavy atom. The monoisotopic (exact) mass is 424 g/mol. The smallest absolute Gasteiger partial charge is 0.234 e. The number of carbonyl (C=O) groups is 1. The number of amides is 1. The van der Waals surface area contributed by atoms with Crippen molar-refractivity contribution in [2.75, 3.05) is 11.1 Å². The number of rotatable bonds is 7. The van der Waals surface area contributed by atoms with Crippen LogP contribution >= 0.6 is 23.4 Å². The quantitative estimate of drug-likeness (QED) is 0.455. The van der Waals surface area contributed by atoms with Gasteiger partial charge in [0.25, 0.3) is 0 Å². The predicted octanol–water partition coefficient (Wildman–Crippen LogP) is 3.90. The van der Waals surface area contributed by atoms with E-state index >= 15 is 0 Å². The molecule has 4 aromatic rings. The minimum absolute atomic E-state index is 0.159. The third kappa shape index (κ3) is 4.85. The normalized spacial score (nSPS) is 10.8. The summed E-state index contributed by atoms with van der Waals surface area (Å²) in [5.41, 5.74) is 2.44. The van der Waals surface area contributed by atoms with Gasteiger partial charge >= 0.3 is 0 Å². The molecule has 7 nitrogen and oxygen atoms in total. The van der Waals surface area contributed by atoms with E-state index in [2.05, 4.69) is 32.5 Å². The summed E-state index contributed by atoms with van der Waals surface area (Å²) in [6.45, 7) is 0.704. The van der Waals surface area contributed by atoms with Gasteiger partial charge in [0, 0.05) is 24.0 Å². The van der Waals surface area contributed by atoms with Crippen LogP contribution in [0.4, 0.5) is 5.69 Å². The zero-order chi connectivity index (χ0) is 20.1. The lowest BCUT2D eigenvalue weighted by Crippen LogP contribution is -2.16. The van der Waals surface area contributed by atoms with Crippen LogP contribution in [0.2, 0.25) is 5.02 Å². The van der Waals surface area contributed by atoms with Gasteiger partial charge in [-0.25, -0.2) is 14.6 Å². The lowest BCUT2D eigenvalue weighted by molar-refractivity contribution is -0.113. The molecule has 9 heteroatoms. The van der Waals surface area contributed by atoms with Crippen LogP contribution in [-0.4, -0.2) is 36.0 Å². The van der Waals surface area contributed by atoms with E-state index in [1.807, 2.05) is 29.0 Å². The number of thioether (sulfide) groups is 1. The Kier molecular flexibility index (Phi) is 5.92. The minimum Gasteiger partial charge on any atom is -0.323 e. The van der Waals surface area contributed by atoms with Gasteiger partial charge < -0.3 is 9.88 Å². The Morgan fingerprint density at radius 3 is 2.83 bits per heavy atom. The molecular weight excluding hydrogens is 408 g/mol. The highest BCUT2D eigenvalue weighted by molar-refractivity contribution is 7.99. The molecule has 0 atom stereocenters. The molecular formula is C20H17ClN6OS. The van der Waals surface area contributed by atoms with E-state index in [4.69, 9.17) is 11.6 Å². The summed E-state index contributed by atoms with van der Waals surface area (Å²) in [5, 5.41) is 8.32. The van der Waals surface area contributed by atoms with Crippen molar-refractivity contribution in [2.24, 2.45) is 0 Å². The number of hydrogen-bond acceptors (Lipinski definition) is 5. The number of benzene rings is 2. The van der Waals surface area contributed by atoms with Gasteiger partial charge in [-0.1, -0.05) is 53.7 Å². The maximum atomic E-state index is 12.6. The van der Waals surface area contributed by atoms with Gasteiger partial charge in [0.1, 0.15) is 12.7 Å². The second kappa shape index (κ2) is 8.93. The standard InChI is InChI=1S/C20H17ClN6OS/c21-16-6-7-18(27-14-22-13-24-27)17(10-16)25-19(28)12-29-20-23-8-9-26(20)11-15-4-2-1-3-5-15/h1-10,13-14H,11-12H2,(H,25,28). The van der Waals surface area contributed by atoms with E-state index in [1.54, 1.807) is 35.4 Å². The number of carbonyl (C=O) groups excluding carboxylic acids is 1. The van der Waals surface area contributed by atoms with Gasteiger partial charge in [-0.2, -0.15) is 5.10 Å². The fourth-order valence-electron chi connectivity index (χ4n) is 2.79. The number of aromatic nitrogens is 5. The van der Waals surface area contributed by atoms with Crippen LogP contribution in [0.1, 0.15) is 5.56 Å². The first kappa shape index (κ1) is 19.2. The van der Waals surface area contributed by atoms with Crippen molar-refractivity contribution < 1.29 is 4.79 Å². The Morgan fingerprint density at radius 2 is 2.03 bits per heavy atom. The SMILES string of the molecule is O=C(CSc1nccn1Cc1ccccc1)Nc1cc(Cl)ccc1-n1cncn1. The average Bonchev–Trinajstić information content (AvgIpc) is 3.40. The molecule has 0 aliphatic carbocycles. The number of imidazole rings is 1. The topological polar surface area (TPSA) is 77.6 Å². The van der Waals surface area contributed by atoms with Crippen molar-refractivity contribution in [3.63, 3.8) is 0 Å². The van der Waals surface area contributed by atoms with E-state index in [1.165, 1.54) is 23.7 Å². The first-order chi connectivity index (χ1) is 14.2. The van der Waals surface area contributed by atoms with Crippen molar-refractivity contribution in [3.05, 3.63) is 84.2 Å². The Bertz CT molecular complexity index is 1100. The molecule has 2 aromatic heterocycles. The van der Waals surface area contributed by atoms with Crippen molar-refractivity contribution in [1.29, 1.82) is 0 Å². The van der Waals surface area contributed by atoms with Crippen LogP contribution in [-0.2, 0) is 11.3 Å². The summed E-state index contributed by atoms with van der Waals surface area (Å²) in [6.07, 6.45) is 6.65. The molecule has 4 rings (SSSR count). The largest absolute Gasteiger partial charge is 0.323 e. The molecule has 1 amide bonds. The number of halogens is 1. The highest BCUT2D eigenvalue weighted by Crippen LogP contribution is 2.25. The lowest BCUT2D eigenvalue weighted by atomic mass is 10.2. The average molecular weight is 425 g/mol. The highest BCUT2D eigenvalue weighted by Gasteiger charge is 2.12. The highest BCUT2D eigenvalue weighted by atomic mass is 35.5. The van der Waals surface area contributed by atoms with E-state index in [9.17, 15) is 4.79 Å². The van der Waals surface area contributed by atoms with Crippen LogP contribution in [0.5, 0.6) is 0 Å². The van der Waals surface area contributed by atoms with Crippen molar-refractivity contribution in [1.82, 2.24) is 24.3 Å². The van der Waals surface area contributed by atoms with Crippen molar-refractivity contribution in [3.8, 4) is 5.69 Å². The van der Waals surface area contributed by atoms with Gasteiger partial charge in [0.15, 0.2) is 5.16 Å². The number of anilines is 1. The molecule has 2 heterocycles. The Labute approximate surface area is 176 Å². The van der Waals surface area contributed by atoms with E-state index in [0.717, 1.165) is 5.16 Å². The second-order valence-corrected chi connectivity index (χ2v) is 7.54. The van der Waals surface area contributed by atoms with Gasteiger partial charge in [0.05, 0.1) is 17.1 Å². The maximum Gasteiger partial charge on any atom is 0.234 e. The number of nitrogens with zero attached hydrogens (tertiary/aromatic N) is 5. The fraction of sp³-hybridized carbons (Fsp3) is 0.100. The molecule has 2 aromatic carbocycles. The zero-order valence-electron chi connectivity index (χ0n) is 15.3. The molecule has 0 aliphatic heterocycles. The van der Waals surface area contributed by atoms with Crippen LogP contribution in [0, 0.1) is 0 Å². The lowest BCUT2D eigenvalue weighted by Gasteiger charge is -2.12. The first-order valence-corrected chi connectivity index (χ1v) is 10.2. The van der Waals surface area contributed by atoms with Gasteiger partial charge in [-0.3, -0.25) is 4.79 Å². The predicted molar refractivity (Wildman–Crippen MR) is 113 cm³/mol. The van der Waals surface area contributed by atoms with Crippen LogP contribution < -0.4 is 5.32 Å². The summed E-state index contributed by atoms with van der Waals surface area (Å²) in [6, 6.07) is 15.3. The third-order valence-electron chi connectivity index (χ3n) is 4.10. The first-order valence-electron chi connectivity index (χ1n) is 8.81. The molecule has 29 heavy (non-hydrogen) atoms.